The Morgan fingerprint density at radius 3 is 2.08 bits per heavy atom. The van der Waals surface area contributed by atoms with Crippen molar-refractivity contribution in [2.45, 2.75) is 65.1 Å². The fourth-order valence-corrected chi connectivity index (χ4v) is 1.67. The number of aliphatic hydroxyl groups excluding tert-OH is 2. The Morgan fingerprint density at radius 1 is 1.08 bits per heavy atom. The normalized spacial score (nSPS) is 18.2. The summed E-state index contributed by atoms with van der Waals surface area (Å²) in [6.45, 7) is 5.90. The van der Waals surface area contributed by atoms with Crippen molar-refractivity contribution < 1.29 is 10.2 Å². The molecule has 0 amide bonds. The molecule has 0 bridgehead atoms. The van der Waals surface area contributed by atoms with Gasteiger partial charge in [-0.2, -0.15) is 0 Å². The highest BCUT2D eigenvalue weighted by atomic mass is 16.3. The zero-order valence-electron chi connectivity index (χ0n) is 9.16. The largest absolute Gasteiger partial charge is 0.391 e. The fourth-order valence-electron chi connectivity index (χ4n) is 1.67. The van der Waals surface area contributed by atoms with Crippen LogP contribution in [0.15, 0.2) is 0 Å². The Labute approximate surface area is 82.0 Å². The molecule has 2 heteroatoms. The second kappa shape index (κ2) is 7.34. The summed E-state index contributed by atoms with van der Waals surface area (Å²) < 4.78 is 0. The SMILES string of the molecule is CCCCCC(CC)C(O)C(C)O. The van der Waals surface area contributed by atoms with Gasteiger partial charge in [-0.05, 0) is 19.3 Å². The smallest absolute Gasteiger partial charge is 0.0824 e. The van der Waals surface area contributed by atoms with Gasteiger partial charge in [0, 0.05) is 0 Å². The van der Waals surface area contributed by atoms with E-state index in [9.17, 15) is 10.2 Å². The van der Waals surface area contributed by atoms with E-state index >= 15 is 0 Å². The molecule has 3 unspecified atom stereocenters. The van der Waals surface area contributed by atoms with Crippen molar-refractivity contribution in [3.05, 3.63) is 0 Å². The Bertz CT molecular complexity index is 113. The van der Waals surface area contributed by atoms with Crippen LogP contribution < -0.4 is 0 Å². The maximum Gasteiger partial charge on any atom is 0.0824 e. The molecule has 3 atom stereocenters. The first kappa shape index (κ1) is 12.9. The van der Waals surface area contributed by atoms with E-state index in [2.05, 4.69) is 13.8 Å². The Balaban J connectivity index is 3.73. The highest BCUT2D eigenvalue weighted by molar-refractivity contribution is 4.72. The third kappa shape index (κ3) is 5.27. The fraction of sp³-hybridized carbons (Fsp3) is 1.00. The van der Waals surface area contributed by atoms with Crippen molar-refractivity contribution in [2.75, 3.05) is 0 Å². The maximum absolute atomic E-state index is 9.64. The molecule has 80 valence electrons. The van der Waals surface area contributed by atoms with Crippen molar-refractivity contribution in [3.8, 4) is 0 Å². The molecule has 0 rings (SSSR count). The quantitative estimate of drug-likeness (QED) is 0.602. The third-order valence-corrected chi connectivity index (χ3v) is 2.68. The second-order valence-corrected chi connectivity index (χ2v) is 3.90. The molecule has 0 aromatic carbocycles. The molecule has 0 aliphatic rings. The summed E-state index contributed by atoms with van der Waals surface area (Å²) >= 11 is 0. The lowest BCUT2D eigenvalue weighted by Gasteiger charge is -2.23. The van der Waals surface area contributed by atoms with Crippen molar-refractivity contribution >= 4 is 0 Å². The van der Waals surface area contributed by atoms with Crippen LogP contribution in [-0.4, -0.2) is 22.4 Å². The highest BCUT2D eigenvalue weighted by Gasteiger charge is 2.20. The van der Waals surface area contributed by atoms with Crippen LogP contribution in [0.1, 0.15) is 52.9 Å². The van der Waals surface area contributed by atoms with Crippen LogP contribution in [0, 0.1) is 5.92 Å². The molecular formula is C11H24O2. The molecule has 0 saturated heterocycles. The number of hydrogen-bond acceptors (Lipinski definition) is 2. The lowest BCUT2D eigenvalue weighted by Crippen LogP contribution is -2.30. The Kier molecular flexibility index (Phi) is 7.29. The number of unbranched alkanes of at least 4 members (excludes halogenated alkanes) is 2. The first-order valence-electron chi connectivity index (χ1n) is 5.49. The standard InChI is InChI=1S/C11H24O2/c1-4-6-7-8-10(5-2)11(13)9(3)12/h9-13H,4-8H2,1-3H3. The predicted octanol–water partition coefficient (Wildman–Crippen LogP) is 2.33. The van der Waals surface area contributed by atoms with Gasteiger partial charge in [0.25, 0.3) is 0 Å². The molecule has 0 spiro atoms. The van der Waals surface area contributed by atoms with Gasteiger partial charge in [-0.25, -0.2) is 0 Å². The van der Waals surface area contributed by atoms with Gasteiger partial charge in [0.15, 0.2) is 0 Å². The molecule has 0 radical (unpaired) electrons. The van der Waals surface area contributed by atoms with Crippen LogP contribution in [0.4, 0.5) is 0 Å². The van der Waals surface area contributed by atoms with Gasteiger partial charge in [-0.1, -0.05) is 39.5 Å². The number of hydrogen-bond donors (Lipinski definition) is 2. The van der Waals surface area contributed by atoms with Crippen molar-refractivity contribution in [3.63, 3.8) is 0 Å². The van der Waals surface area contributed by atoms with Gasteiger partial charge in [-0.15, -0.1) is 0 Å². The lowest BCUT2D eigenvalue weighted by molar-refractivity contribution is -0.0113. The van der Waals surface area contributed by atoms with Gasteiger partial charge in [0.2, 0.25) is 0 Å². The highest BCUT2D eigenvalue weighted by Crippen LogP contribution is 2.19. The van der Waals surface area contributed by atoms with Crippen LogP contribution in [0.2, 0.25) is 0 Å². The van der Waals surface area contributed by atoms with Crippen molar-refractivity contribution in [1.29, 1.82) is 0 Å². The van der Waals surface area contributed by atoms with Crippen LogP contribution in [0.5, 0.6) is 0 Å². The van der Waals surface area contributed by atoms with Gasteiger partial charge < -0.3 is 10.2 Å². The number of aliphatic hydroxyl groups is 2. The monoisotopic (exact) mass is 188 g/mol. The third-order valence-electron chi connectivity index (χ3n) is 2.68. The molecule has 0 aromatic heterocycles. The average Bonchev–Trinajstić information content (AvgIpc) is 2.11. The first-order valence-corrected chi connectivity index (χ1v) is 5.49. The van der Waals surface area contributed by atoms with E-state index in [1.165, 1.54) is 19.3 Å². The molecule has 0 heterocycles. The van der Waals surface area contributed by atoms with E-state index in [1.54, 1.807) is 6.92 Å². The zero-order chi connectivity index (χ0) is 10.3. The molecule has 2 N–H and O–H groups in total. The topological polar surface area (TPSA) is 40.5 Å². The van der Waals surface area contributed by atoms with Crippen LogP contribution >= 0.6 is 0 Å². The zero-order valence-corrected chi connectivity index (χ0v) is 9.16. The minimum atomic E-state index is -0.591. The van der Waals surface area contributed by atoms with E-state index in [4.69, 9.17) is 0 Å². The Hall–Kier alpha value is -0.0800. The second-order valence-electron chi connectivity index (χ2n) is 3.90. The van der Waals surface area contributed by atoms with E-state index in [0.717, 1.165) is 12.8 Å². The van der Waals surface area contributed by atoms with Gasteiger partial charge in [-0.3, -0.25) is 0 Å². The average molecular weight is 188 g/mol. The summed E-state index contributed by atoms with van der Waals surface area (Å²) in [7, 11) is 0. The van der Waals surface area contributed by atoms with Crippen LogP contribution in [-0.2, 0) is 0 Å². The molecule has 0 aliphatic heterocycles. The molecule has 0 aromatic rings. The Morgan fingerprint density at radius 2 is 1.69 bits per heavy atom. The summed E-state index contributed by atoms with van der Waals surface area (Å²) in [6.07, 6.45) is 4.46. The molecule has 0 saturated carbocycles. The first-order chi connectivity index (χ1) is 6.13. The van der Waals surface area contributed by atoms with Crippen molar-refractivity contribution in [1.82, 2.24) is 0 Å². The predicted molar refractivity (Wildman–Crippen MR) is 55.6 cm³/mol. The lowest BCUT2D eigenvalue weighted by atomic mass is 9.90. The molecule has 0 fully saturated rings. The number of rotatable bonds is 7. The van der Waals surface area contributed by atoms with Crippen LogP contribution in [0.25, 0.3) is 0 Å². The minimum Gasteiger partial charge on any atom is -0.391 e. The van der Waals surface area contributed by atoms with Gasteiger partial charge in [0.1, 0.15) is 0 Å². The van der Waals surface area contributed by atoms with E-state index in [1.807, 2.05) is 0 Å². The molecule has 2 nitrogen and oxygen atoms in total. The summed E-state index contributed by atoms with van der Waals surface area (Å²) in [5.74, 6) is 0.270. The van der Waals surface area contributed by atoms with E-state index < -0.39 is 12.2 Å². The van der Waals surface area contributed by atoms with Crippen molar-refractivity contribution in [2.24, 2.45) is 5.92 Å². The minimum absolute atomic E-state index is 0.270. The maximum atomic E-state index is 9.64. The van der Waals surface area contributed by atoms with E-state index in [0.29, 0.717) is 0 Å². The summed E-state index contributed by atoms with van der Waals surface area (Å²) in [4.78, 5) is 0. The van der Waals surface area contributed by atoms with Crippen LogP contribution in [0.3, 0.4) is 0 Å². The molecule has 13 heavy (non-hydrogen) atoms. The van der Waals surface area contributed by atoms with Gasteiger partial charge in [0.05, 0.1) is 12.2 Å². The summed E-state index contributed by atoms with van der Waals surface area (Å²) in [5.41, 5.74) is 0. The van der Waals surface area contributed by atoms with Gasteiger partial charge >= 0.3 is 0 Å². The molecular weight excluding hydrogens is 164 g/mol. The van der Waals surface area contributed by atoms with E-state index in [-0.39, 0.29) is 5.92 Å². The molecule has 0 aliphatic carbocycles. The summed E-state index contributed by atoms with van der Waals surface area (Å²) in [5, 5.41) is 18.9. The summed E-state index contributed by atoms with van der Waals surface area (Å²) in [6, 6.07) is 0.